The van der Waals surface area contributed by atoms with E-state index in [1.165, 1.54) is 6.07 Å². The zero-order valence-electron chi connectivity index (χ0n) is 9.68. The van der Waals surface area contributed by atoms with Gasteiger partial charge >= 0.3 is 0 Å². The first kappa shape index (κ1) is 14.3. The molecule has 2 rings (SSSR count). The Bertz CT molecular complexity index is 690. The first-order valence-electron chi connectivity index (χ1n) is 5.29. The summed E-state index contributed by atoms with van der Waals surface area (Å²) in [5.41, 5.74) is -1.20. The van der Waals surface area contributed by atoms with E-state index < -0.39 is 40.4 Å². The van der Waals surface area contributed by atoms with Crippen LogP contribution in [-0.4, -0.2) is 5.91 Å². The molecule has 0 saturated heterocycles. The second-order valence-corrected chi connectivity index (χ2v) is 4.26. The molecule has 2 aromatic rings. The molecule has 0 saturated carbocycles. The average Bonchev–Trinajstić information content (AvgIpc) is 2.38. The maximum Gasteiger partial charge on any atom is 0.258 e. The van der Waals surface area contributed by atoms with Crippen molar-refractivity contribution in [3.63, 3.8) is 0 Å². The van der Waals surface area contributed by atoms with E-state index >= 15 is 0 Å². The molecule has 0 aliphatic rings. The maximum atomic E-state index is 13.4. The summed E-state index contributed by atoms with van der Waals surface area (Å²) in [4.78, 5) is 11.7. The highest BCUT2D eigenvalue weighted by Gasteiger charge is 2.17. The normalized spacial score (nSPS) is 10.4. The second kappa shape index (κ2) is 5.50. The molecule has 7 heteroatoms. The minimum atomic E-state index is -1.47. The molecule has 0 aliphatic carbocycles. The van der Waals surface area contributed by atoms with Gasteiger partial charge in [-0.05, 0) is 18.2 Å². The summed E-state index contributed by atoms with van der Waals surface area (Å²) in [5.74, 6) is -5.96. The van der Waals surface area contributed by atoms with Gasteiger partial charge in [-0.1, -0.05) is 11.6 Å². The topological polar surface area (TPSA) is 29.1 Å². The molecule has 0 aromatic heterocycles. The zero-order chi connectivity index (χ0) is 14.9. The number of rotatable bonds is 2. The number of nitrogens with one attached hydrogen (secondary N) is 1. The van der Waals surface area contributed by atoms with Gasteiger partial charge in [-0.2, -0.15) is 0 Å². The molecule has 2 aromatic carbocycles. The molecule has 0 spiro atoms. The molecule has 20 heavy (non-hydrogen) atoms. The maximum absolute atomic E-state index is 13.4. The van der Waals surface area contributed by atoms with Crippen LogP contribution < -0.4 is 5.32 Å². The fourth-order valence-corrected chi connectivity index (χ4v) is 1.68. The van der Waals surface area contributed by atoms with Gasteiger partial charge in [0.25, 0.3) is 5.91 Å². The zero-order valence-corrected chi connectivity index (χ0v) is 10.4. The Labute approximate surface area is 116 Å². The van der Waals surface area contributed by atoms with Crippen LogP contribution in [0.1, 0.15) is 10.4 Å². The molecular weight excluding hydrogens is 298 g/mol. The summed E-state index contributed by atoms with van der Waals surface area (Å²) >= 11 is 5.60. The standard InChI is InChI=1S/C13H6ClF4NO/c14-6-1-2-9(16)8(3-6)13(20)19-11-5-7(15)4-10(17)12(11)18/h1-5H,(H,19,20). The molecule has 0 aliphatic heterocycles. The van der Waals surface area contributed by atoms with Gasteiger partial charge in [0.05, 0.1) is 11.3 Å². The van der Waals surface area contributed by atoms with E-state index in [0.717, 1.165) is 12.1 Å². The molecule has 0 bridgehead atoms. The lowest BCUT2D eigenvalue weighted by molar-refractivity contribution is 0.102. The third-order valence-corrected chi connectivity index (χ3v) is 2.65. The lowest BCUT2D eigenvalue weighted by Gasteiger charge is -2.08. The van der Waals surface area contributed by atoms with Gasteiger partial charge in [0, 0.05) is 17.2 Å². The minimum Gasteiger partial charge on any atom is -0.319 e. The van der Waals surface area contributed by atoms with Gasteiger partial charge in [0.1, 0.15) is 11.6 Å². The fraction of sp³-hybridized carbons (Fsp3) is 0. The second-order valence-electron chi connectivity index (χ2n) is 3.83. The van der Waals surface area contributed by atoms with Crippen LogP contribution in [0.2, 0.25) is 5.02 Å². The van der Waals surface area contributed by atoms with Crippen molar-refractivity contribution in [1.82, 2.24) is 0 Å². The van der Waals surface area contributed by atoms with Gasteiger partial charge in [0.2, 0.25) is 0 Å². The van der Waals surface area contributed by atoms with Crippen molar-refractivity contribution in [2.45, 2.75) is 0 Å². The van der Waals surface area contributed by atoms with Gasteiger partial charge < -0.3 is 5.32 Å². The summed E-state index contributed by atoms with van der Waals surface area (Å²) in [7, 11) is 0. The smallest absolute Gasteiger partial charge is 0.258 e. The van der Waals surface area contributed by atoms with Crippen molar-refractivity contribution in [2.24, 2.45) is 0 Å². The molecule has 1 N–H and O–H groups in total. The molecule has 0 heterocycles. The van der Waals surface area contributed by atoms with Crippen LogP contribution in [0.4, 0.5) is 23.2 Å². The van der Waals surface area contributed by atoms with E-state index in [1.807, 2.05) is 5.32 Å². The molecule has 0 fully saturated rings. The fourth-order valence-electron chi connectivity index (χ4n) is 1.51. The number of carbonyl (C=O) groups excluding carboxylic acids is 1. The number of benzene rings is 2. The number of carbonyl (C=O) groups is 1. The van der Waals surface area contributed by atoms with E-state index in [0.29, 0.717) is 12.1 Å². The van der Waals surface area contributed by atoms with Crippen LogP contribution in [0.25, 0.3) is 0 Å². The van der Waals surface area contributed by atoms with E-state index in [9.17, 15) is 22.4 Å². The van der Waals surface area contributed by atoms with Crippen LogP contribution in [-0.2, 0) is 0 Å². The summed E-state index contributed by atoms with van der Waals surface area (Å²) in [6, 6.07) is 4.08. The molecule has 104 valence electrons. The largest absolute Gasteiger partial charge is 0.319 e. The molecule has 0 radical (unpaired) electrons. The Hall–Kier alpha value is -2.08. The van der Waals surface area contributed by atoms with Crippen LogP contribution >= 0.6 is 11.6 Å². The van der Waals surface area contributed by atoms with Crippen LogP contribution in [0.15, 0.2) is 30.3 Å². The lowest BCUT2D eigenvalue weighted by Crippen LogP contribution is -2.15. The highest BCUT2D eigenvalue weighted by molar-refractivity contribution is 6.31. The monoisotopic (exact) mass is 303 g/mol. The van der Waals surface area contributed by atoms with Gasteiger partial charge in [-0.15, -0.1) is 0 Å². The van der Waals surface area contributed by atoms with Gasteiger partial charge in [-0.25, -0.2) is 17.6 Å². The van der Waals surface area contributed by atoms with Crippen molar-refractivity contribution in [1.29, 1.82) is 0 Å². The SMILES string of the molecule is O=C(Nc1cc(F)cc(F)c1F)c1cc(Cl)ccc1F. The first-order valence-corrected chi connectivity index (χ1v) is 5.67. The Morgan fingerprint density at radius 2 is 1.70 bits per heavy atom. The van der Waals surface area contributed by atoms with Crippen molar-refractivity contribution in [2.75, 3.05) is 5.32 Å². The predicted molar refractivity (Wildman–Crippen MR) is 65.7 cm³/mol. The third-order valence-electron chi connectivity index (χ3n) is 2.41. The number of anilines is 1. The number of amides is 1. The quantitative estimate of drug-likeness (QED) is 0.655. The molecule has 0 atom stereocenters. The minimum absolute atomic E-state index is 0.0856. The Balaban J connectivity index is 2.35. The highest BCUT2D eigenvalue weighted by atomic mass is 35.5. The predicted octanol–water partition coefficient (Wildman–Crippen LogP) is 4.15. The van der Waals surface area contributed by atoms with E-state index in [1.54, 1.807) is 0 Å². The van der Waals surface area contributed by atoms with Gasteiger partial charge in [0.15, 0.2) is 11.6 Å². The van der Waals surface area contributed by atoms with Crippen LogP contribution in [0.5, 0.6) is 0 Å². The summed E-state index contributed by atoms with van der Waals surface area (Å²) < 4.78 is 52.7. The Morgan fingerprint density at radius 3 is 2.40 bits per heavy atom. The number of halogens is 5. The highest BCUT2D eigenvalue weighted by Crippen LogP contribution is 2.21. The molecular formula is C13H6ClF4NO. The lowest BCUT2D eigenvalue weighted by atomic mass is 10.2. The number of hydrogen-bond donors (Lipinski definition) is 1. The van der Waals surface area contributed by atoms with Crippen LogP contribution in [0, 0.1) is 23.3 Å². The van der Waals surface area contributed by atoms with Crippen LogP contribution in [0.3, 0.4) is 0 Å². The van der Waals surface area contributed by atoms with Crippen molar-refractivity contribution >= 4 is 23.2 Å². The Kier molecular flexibility index (Phi) is 3.94. The van der Waals surface area contributed by atoms with Crippen molar-refractivity contribution in [3.8, 4) is 0 Å². The van der Waals surface area contributed by atoms with Gasteiger partial charge in [-0.3, -0.25) is 4.79 Å². The summed E-state index contributed by atoms with van der Waals surface area (Å²) in [6.07, 6.45) is 0. The summed E-state index contributed by atoms with van der Waals surface area (Å²) in [6.45, 7) is 0. The molecule has 1 amide bonds. The van der Waals surface area contributed by atoms with Crippen molar-refractivity contribution in [3.05, 3.63) is 64.2 Å². The van der Waals surface area contributed by atoms with Crippen molar-refractivity contribution < 1.29 is 22.4 Å². The third kappa shape index (κ3) is 2.91. The average molecular weight is 304 g/mol. The number of hydrogen-bond acceptors (Lipinski definition) is 1. The van der Waals surface area contributed by atoms with E-state index in [4.69, 9.17) is 11.6 Å². The van der Waals surface area contributed by atoms with E-state index in [2.05, 4.69) is 0 Å². The Morgan fingerprint density at radius 1 is 1.00 bits per heavy atom. The summed E-state index contributed by atoms with van der Waals surface area (Å²) in [5, 5.41) is 1.97. The first-order chi connectivity index (χ1) is 9.38. The van der Waals surface area contributed by atoms with E-state index in [-0.39, 0.29) is 5.02 Å². The molecule has 0 unspecified atom stereocenters. The molecule has 2 nitrogen and oxygen atoms in total.